The molecule has 118 valence electrons. The van der Waals surface area contributed by atoms with Crippen molar-refractivity contribution in [2.45, 2.75) is 45.4 Å². The Morgan fingerprint density at radius 1 is 1.45 bits per heavy atom. The molecular weight excluding hydrogens is 262 g/mol. The lowest BCUT2D eigenvalue weighted by Crippen LogP contribution is -2.47. The molecule has 0 aromatic carbocycles. The summed E-state index contributed by atoms with van der Waals surface area (Å²) in [6, 6.07) is -0.166. The highest BCUT2D eigenvalue weighted by molar-refractivity contribution is 5.71. The molecule has 0 saturated carbocycles. The fourth-order valence-electron chi connectivity index (χ4n) is 2.45. The molecule has 0 aromatic heterocycles. The number of nitrogens with zero attached hydrogens (tertiary/aromatic N) is 1. The van der Waals surface area contributed by atoms with Gasteiger partial charge < -0.3 is 19.7 Å². The number of hydrogen-bond donors (Lipinski definition) is 2. The smallest absolute Gasteiger partial charge is 0.310 e. The summed E-state index contributed by atoms with van der Waals surface area (Å²) in [5, 5.41) is 19.2. The Bertz CT molecular complexity index is 297. The predicted molar refractivity (Wildman–Crippen MR) is 74.7 cm³/mol. The molecule has 20 heavy (non-hydrogen) atoms. The molecule has 1 aliphatic rings. The van der Waals surface area contributed by atoms with E-state index in [4.69, 9.17) is 9.47 Å². The van der Waals surface area contributed by atoms with Gasteiger partial charge >= 0.3 is 5.97 Å². The van der Waals surface area contributed by atoms with Gasteiger partial charge in [-0.25, -0.2) is 0 Å². The van der Waals surface area contributed by atoms with Gasteiger partial charge in [-0.3, -0.25) is 9.69 Å². The van der Waals surface area contributed by atoms with Gasteiger partial charge in [0.05, 0.1) is 37.9 Å². The number of rotatable bonds is 9. The molecule has 0 aliphatic carbocycles. The van der Waals surface area contributed by atoms with Crippen molar-refractivity contribution in [3.8, 4) is 0 Å². The predicted octanol–water partition coefficient (Wildman–Crippen LogP) is 0.584. The maximum atomic E-state index is 11.2. The van der Waals surface area contributed by atoms with Gasteiger partial charge in [-0.1, -0.05) is 6.92 Å². The van der Waals surface area contributed by atoms with Gasteiger partial charge in [0, 0.05) is 12.6 Å². The zero-order valence-corrected chi connectivity index (χ0v) is 12.6. The van der Waals surface area contributed by atoms with Crippen LogP contribution in [0.1, 0.15) is 27.2 Å². The molecule has 3 atom stereocenters. The molecule has 0 spiro atoms. The molecule has 1 heterocycles. The van der Waals surface area contributed by atoms with E-state index in [2.05, 4.69) is 0 Å². The Labute approximate surface area is 120 Å². The Balaban J connectivity index is 2.56. The summed E-state index contributed by atoms with van der Waals surface area (Å²) in [4.78, 5) is 13.2. The summed E-state index contributed by atoms with van der Waals surface area (Å²) in [6.45, 7) is 7.96. The van der Waals surface area contributed by atoms with Gasteiger partial charge in [-0.05, 0) is 26.8 Å². The van der Waals surface area contributed by atoms with Crippen molar-refractivity contribution in [2.24, 2.45) is 5.92 Å². The van der Waals surface area contributed by atoms with Crippen molar-refractivity contribution < 1.29 is 24.5 Å². The summed E-state index contributed by atoms with van der Waals surface area (Å²) in [5.74, 6) is -1.35. The third-order valence-corrected chi connectivity index (χ3v) is 3.41. The molecule has 2 N–H and O–H groups in total. The van der Waals surface area contributed by atoms with Crippen LogP contribution in [0.2, 0.25) is 0 Å². The van der Waals surface area contributed by atoms with Crippen molar-refractivity contribution in [1.82, 2.24) is 4.90 Å². The van der Waals surface area contributed by atoms with Crippen LogP contribution in [-0.2, 0) is 14.3 Å². The summed E-state index contributed by atoms with van der Waals surface area (Å²) in [6.07, 6.45) is 0.366. The highest BCUT2D eigenvalue weighted by Crippen LogP contribution is 2.20. The van der Waals surface area contributed by atoms with Crippen molar-refractivity contribution in [3.63, 3.8) is 0 Å². The molecule has 0 aromatic rings. The standard InChI is InChI=1S/C14H27NO5/c1-4-5-15(6-11(16)7-20-10(2)3)13-9-19-8-12(13)14(17)18/h10-13,16H,4-9H2,1-3H3,(H,17,18). The molecule has 0 radical (unpaired) electrons. The first-order valence-electron chi connectivity index (χ1n) is 7.30. The van der Waals surface area contributed by atoms with E-state index in [1.165, 1.54) is 0 Å². The molecule has 0 bridgehead atoms. The largest absolute Gasteiger partial charge is 0.481 e. The molecular formula is C14H27NO5. The topological polar surface area (TPSA) is 79.2 Å². The first-order valence-corrected chi connectivity index (χ1v) is 7.30. The molecule has 6 nitrogen and oxygen atoms in total. The van der Waals surface area contributed by atoms with Gasteiger partial charge in [0.2, 0.25) is 0 Å². The summed E-state index contributed by atoms with van der Waals surface area (Å²) in [5.41, 5.74) is 0. The Morgan fingerprint density at radius 2 is 2.15 bits per heavy atom. The SMILES string of the molecule is CCCN(CC(O)COC(C)C)C1COCC1C(=O)O. The molecule has 1 aliphatic heterocycles. The zero-order chi connectivity index (χ0) is 15.1. The normalized spacial score (nSPS) is 24.5. The minimum Gasteiger partial charge on any atom is -0.481 e. The number of hydrogen-bond acceptors (Lipinski definition) is 5. The lowest BCUT2D eigenvalue weighted by Gasteiger charge is -2.31. The van der Waals surface area contributed by atoms with E-state index in [-0.39, 0.29) is 25.4 Å². The van der Waals surface area contributed by atoms with Crippen LogP contribution in [0.15, 0.2) is 0 Å². The van der Waals surface area contributed by atoms with E-state index in [0.717, 1.165) is 13.0 Å². The van der Waals surface area contributed by atoms with Gasteiger partial charge in [-0.15, -0.1) is 0 Å². The quantitative estimate of drug-likeness (QED) is 0.646. The number of aliphatic hydroxyl groups is 1. The maximum Gasteiger partial charge on any atom is 0.310 e. The summed E-state index contributed by atoms with van der Waals surface area (Å²) in [7, 11) is 0. The van der Waals surface area contributed by atoms with Gasteiger partial charge in [-0.2, -0.15) is 0 Å². The van der Waals surface area contributed by atoms with E-state index in [1.807, 2.05) is 25.7 Å². The van der Waals surface area contributed by atoms with Crippen LogP contribution in [0.4, 0.5) is 0 Å². The Morgan fingerprint density at radius 3 is 2.70 bits per heavy atom. The van der Waals surface area contributed by atoms with Crippen LogP contribution < -0.4 is 0 Å². The number of carboxylic acids is 1. The van der Waals surface area contributed by atoms with Crippen LogP contribution in [0.3, 0.4) is 0 Å². The van der Waals surface area contributed by atoms with Gasteiger partial charge in [0.15, 0.2) is 0 Å². The van der Waals surface area contributed by atoms with Crippen LogP contribution in [0.25, 0.3) is 0 Å². The van der Waals surface area contributed by atoms with Gasteiger partial charge in [0.25, 0.3) is 0 Å². The minimum absolute atomic E-state index is 0.0749. The van der Waals surface area contributed by atoms with E-state index in [9.17, 15) is 15.0 Å². The van der Waals surface area contributed by atoms with Gasteiger partial charge in [0.1, 0.15) is 0 Å². The second-order valence-corrected chi connectivity index (χ2v) is 5.58. The number of ether oxygens (including phenoxy) is 2. The number of carboxylic acid groups (broad SMARTS) is 1. The van der Waals surface area contributed by atoms with Crippen LogP contribution in [0.5, 0.6) is 0 Å². The molecule has 6 heteroatoms. The van der Waals surface area contributed by atoms with E-state index >= 15 is 0 Å². The number of aliphatic hydroxyl groups excluding tert-OH is 1. The Kier molecular flexibility index (Phi) is 7.43. The lowest BCUT2D eigenvalue weighted by atomic mass is 10.0. The highest BCUT2D eigenvalue weighted by atomic mass is 16.5. The molecule has 0 amide bonds. The van der Waals surface area contributed by atoms with Crippen molar-refractivity contribution in [2.75, 3.05) is 32.9 Å². The maximum absolute atomic E-state index is 11.2. The average molecular weight is 289 g/mol. The third kappa shape index (κ3) is 5.36. The van der Waals surface area contributed by atoms with Crippen molar-refractivity contribution >= 4 is 5.97 Å². The fourth-order valence-corrected chi connectivity index (χ4v) is 2.45. The van der Waals surface area contributed by atoms with Crippen LogP contribution >= 0.6 is 0 Å². The second-order valence-electron chi connectivity index (χ2n) is 5.58. The van der Waals surface area contributed by atoms with E-state index < -0.39 is 18.0 Å². The third-order valence-electron chi connectivity index (χ3n) is 3.41. The zero-order valence-electron chi connectivity index (χ0n) is 12.6. The number of carbonyl (C=O) groups is 1. The molecule has 3 unspecified atom stereocenters. The minimum atomic E-state index is -0.832. The second kappa shape index (κ2) is 8.56. The monoisotopic (exact) mass is 289 g/mol. The average Bonchev–Trinajstić information content (AvgIpc) is 2.85. The fraction of sp³-hybridized carbons (Fsp3) is 0.929. The number of aliphatic carboxylic acids is 1. The lowest BCUT2D eigenvalue weighted by molar-refractivity contribution is -0.143. The van der Waals surface area contributed by atoms with Crippen molar-refractivity contribution in [1.29, 1.82) is 0 Å². The van der Waals surface area contributed by atoms with Crippen LogP contribution in [0, 0.1) is 5.92 Å². The van der Waals surface area contributed by atoms with E-state index in [0.29, 0.717) is 13.2 Å². The highest BCUT2D eigenvalue weighted by Gasteiger charge is 2.38. The van der Waals surface area contributed by atoms with E-state index in [1.54, 1.807) is 0 Å². The first-order chi connectivity index (χ1) is 9.45. The summed E-state index contributed by atoms with van der Waals surface area (Å²) >= 11 is 0. The molecule has 1 fully saturated rings. The molecule has 1 saturated heterocycles. The summed E-state index contributed by atoms with van der Waals surface area (Å²) < 4.78 is 10.7. The molecule has 1 rings (SSSR count). The Hall–Kier alpha value is -0.690. The van der Waals surface area contributed by atoms with Crippen LogP contribution in [-0.4, -0.2) is 72.2 Å². The van der Waals surface area contributed by atoms with Crippen molar-refractivity contribution in [3.05, 3.63) is 0 Å². The first kappa shape index (κ1) is 17.4.